The zero-order chi connectivity index (χ0) is 27.3. The highest BCUT2D eigenvalue weighted by Crippen LogP contribution is 2.30. The Hall–Kier alpha value is -2.49. The van der Waals surface area contributed by atoms with Crippen LogP contribution in [0.1, 0.15) is 39.7 Å². The summed E-state index contributed by atoms with van der Waals surface area (Å²) in [6, 6.07) is 10.6. The smallest absolute Gasteiger partial charge is 0.244 e. The lowest BCUT2D eigenvalue weighted by molar-refractivity contribution is -0.141. The van der Waals surface area contributed by atoms with Gasteiger partial charge in [-0.25, -0.2) is 8.42 Å². The van der Waals surface area contributed by atoms with Crippen LogP contribution < -0.4 is 14.4 Å². The van der Waals surface area contributed by atoms with Crippen molar-refractivity contribution >= 4 is 50.7 Å². The molecule has 2 amide bonds. The number of carbonyl (C=O) groups is 2. The number of halogens is 2. The minimum absolute atomic E-state index is 0.0833. The van der Waals surface area contributed by atoms with Gasteiger partial charge in [-0.05, 0) is 63.1 Å². The predicted molar refractivity (Wildman–Crippen MR) is 144 cm³/mol. The van der Waals surface area contributed by atoms with Crippen molar-refractivity contribution in [2.45, 2.75) is 52.2 Å². The summed E-state index contributed by atoms with van der Waals surface area (Å²) in [5.41, 5.74) is 0.352. The molecule has 2 rings (SSSR count). The number of hydrogen-bond acceptors (Lipinski definition) is 5. The minimum Gasteiger partial charge on any atom is -0.497 e. The quantitative estimate of drug-likeness (QED) is 0.464. The summed E-state index contributed by atoms with van der Waals surface area (Å²) in [5, 5.41) is 3.33. The van der Waals surface area contributed by atoms with E-state index in [4.69, 9.17) is 27.9 Å². The molecule has 0 heterocycles. The third kappa shape index (κ3) is 8.28. The van der Waals surface area contributed by atoms with Gasteiger partial charge in [0.1, 0.15) is 18.3 Å². The molecule has 11 heteroatoms. The van der Waals surface area contributed by atoms with Gasteiger partial charge in [0, 0.05) is 17.1 Å². The Morgan fingerprint density at radius 1 is 1.08 bits per heavy atom. The van der Waals surface area contributed by atoms with Crippen LogP contribution in [0.5, 0.6) is 5.75 Å². The van der Waals surface area contributed by atoms with E-state index in [1.54, 1.807) is 38.3 Å². The third-order valence-electron chi connectivity index (χ3n) is 5.25. The zero-order valence-electron chi connectivity index (χ0n) is 21.3. The van der Waals surface area contributed by atoms with Crippen LogP contribution in [-0.4, -0.2) is 56.6 Å². The molecule has 0 aliphatic rings. The number of anilines is 1. The van der Waals surface area contributed by atoms with Gasteiger partial charge < -0.3 is 15.0 Å². The summed E-state index contributed by atoms with van der Waals surface area (Å²) < 4.78 is 31.5. The summed E-state index contributed by atoms with van der Waals surface area (Å²) in [6.07, 6.45) is 1.31. The van der Waals surface area contributed by atoms with Crippen molar-refractivity contribution in [3.63, 3.8) is 0 Å². The number of nitrogens with one attached hydrogen (secondary N) is 1. The number of amides is 2. The molecule has 0 saturated heterocycles. The van der Waals surface area contributed by atoms with Crippen molar-refractivity contribution in [2.24, 2.45) is 0 Å². The highest BCUT2D eigenvalue weighted by molar-refractivity contribution is 7.92. The summed E-state index contributed by atoms with van der Waals surface area (Å²) in [7, 11) is -2.35. The second-order valence-corrected chi connectivity index (χ2v) is 12.1. The maximum atomic E-state index is 13.7. The van der Waals surface area contributed by atoms with Crippen LogP contribution >= 0.6 is 23.2 Å². The van der Waals surface area contributed by atoms with Crippen molar-refractivity contribution in [1.82, 2.24) is 10.2 Å². The van der Waals surface area contributed by atoms with Crippen LogP contribution in [0.4, 0.5) is 5.69 Å². The van der Waals surface area contributed by atoms with E-state index in [2.05, 4.69) is 5.32 Å². The fraction of sp³-hybridized carbons (Fsp3) is 0.440. The summed E-state index contributed by atoms with van der Waals surface area (Å²) in [5.74, 6) is -0.241. The molecule has 0 radical (unpaired) electrons. The molecule has 0 aromatic heterocycles. The Labute approximate surface area is 223 Å². The van der Waals surface area contributed by atoms with Gasteiger partial charge in [-0.2, -0.15) is 0 Å². The summed E-state index contributed by atoms with van der Waals surface area (Å²) >= 11 is 12.2. The van der Waals surface area contributed by atoms with Crippen LogP contribution in [-0.2, 0) is 26.2 Å². The number of sulfonamides is 1. The van der Waals surface area contributed by atoms with E-state index in [-0.39, 0.29) is 23.2 Å². The average Bonchev–Trinajstić information content (AvgIpc) is 2.76. The van der Waals surface area contributed by atoms with Gasteiger partial charge in [-0.15, -0.1) is 0 Å². The molecule has 0 unspecified atom stereocenters. The molecule has 36 heavy (non-hydrogen) atoms. The van der Waals surface area contributed by atoms with Crippen LogP contribution in [0, 0.1) is 0 Å². The first-order valence-corrected chi connectivity index (χ1v) is 13.9. The number of rotatable bonds is 10. The Kier molecular flexibility index (Phi) is 10.0. The molecular formula is C25H33Cl2N3O5S. The van der Waals surface area contributed by atoms with E-state index in [1.165, 1.54) is 23.1 Å². The van der Waals surface area contributed by atoms with E-state index in [9.17, 15) is 18.0 Å². The van der Waals surface area contributed by atoms with Crippen molar-refractivity contribution in [1.29, 1.82) is 0 Å². The van der Waals surface area contributed by atoms with Gasteiger partial charge in [-0.3, -0.25) is 13.9 Å². The van der Waals surface area contributed by atoms with E-state index in [0.717, 1.165) is 16.1 Å². The zero-order valence-corrected chi connectivity index (χ0v) is 23.7. The normalized spacial score (nSPS) is 12.6. The third-order valence-corrected chi connectivity index (χ3v) is 6.92. The number of benzene rings is 2. The predicted octanol–water partition coefficient (Wildman–Crippen LogP) is 4.49. The van der Waals surface area contributed by atoms with Crippen LogP contribution in [0.15, 0.2) is 42.5 Å². The molecule has 0 bridgehead atoms. The standard InChI is InChI=1S/C25H33Cl2N3O5S/c1-7-21(24(32)28-25(2,3)4)29(15-17-8-11-19(35-5)12-9-17)23(31)16-30(36(6,33)34)22-13-10-18(26)14-20(22)27/h8-14,21H,7,15-16H2,1-6H3,(H,28,32)/t21-/m1/s1. The SMILES string of the molecule is CC[C@H](C(=O)NC(C)(C)C)N(Cc1ccc(OC)cc1)C(=O)CN(c1ccc(Cl)cc1Cl)S(C)(=O)=O. The maximum Gasteiger partial charge on any atom is 0.244 e. The van der Waals surface area contributed by atoms with Gasteiger partial charge >= 0.3 is 0 Å². The molecule has 0 saturated carbocycles. The topological polar surface area (TPSA) is 96.0 Å². The highest BCUT2D eigenvalue weighted by Gasteiger charge is 2.33. The van der Waals surface area contributed by atoms with Crippen LogP contribution in [0.2, 0.25) is 10.0 Å². The lowest BCUT2D eigenvalue weighted by atomic mass is 10.1. The van der Waals surface area contributed by atoms with Gasteiger partial charge in [0.15, 0.2) is 0 Å². The molecule has 0 spiro atoms. The molecular weight excluding hydrogens is 525 g/mol. The first-order valence-electron chi connectivity index (χ1n) is 11.3. The van der Waals surface area contributed by atoms with E-state index >= 15 is 0 Å². The van der Waals surface area contributed by atoms with Gasteiger partial charge in [-0.1, -0.05) is 42.3 Å². The van der Waals surface area contributed by atoms with Gasteiger partial charge in [0.05, 0.1) is 24.1 Å². The molecule has 8 nitrogen and oxygen atoms in total. The lowest BCUT2D eigenvalue weighted by Gasteiger charge is -2.34. The van der Waals surface area contributed by atoms with E-state index < -0.39 is 34.1 Å². The van der Waals surface area contributed by atoms with Crippen LogP contribution in [0.25, 0.3) is 0 Å². The first-order chi connectivity index (χ1) is 16.7. The minimum atomic E-state index is -3.90. The van der Waals surface area contributed by atoms with Gasteiger partial charge in [0.2, 0.25) is 21.8 Å². The first kappa shape index (κ1) is 29.7. The van der Waals surface area contributed by atoms with E-state index in [0.29, 0.717) is 17.2 Å². The van der Waals surface area contributed by atoms with E-state index in [1.807, 2.05) is 20.8 Å². The van der Waals surface area contributed by atoms with Gasteiger partial charge in [0.25, 0.3) is 0 Å². The molecule has 1 atom stereocenters. The number of nitrogens with zero attached hydrogens (tertiary/aromatic N) is 2. The average molecular weight is 559 g/mol. The highest BCUT2D eigenvalue weighted by atomic mass is 35.5. The molecule has 0 aliphatic carbocycles. The summed E-state index contributed by atoms with van der Waals surface area (Å²) in [4.78, 5) is 28.3. The van der Waals surface area contributed by atoms with Crippen molar-refractivity contribution in [3.05, 3.63) is 58.1 Å². The molecule has 0 fully saturated rings. The lowest BCUT2D eigenvalue weighted by Crippen LogP contribution is -2.55. The molecule has 2 aromatic rings. The van der Waals surface area contributed by atoms with Crippen molar-refractivity contribution in [3.8, 4) is 5.75 Å². The Morgan fingerprint density at radius 2 is 1.69 bits per heavy atom. The number of ether oxygens (including phenoxy) is 1. The maximum absolute atomic E-state index is 13.7. The number of methoxy groups -OCH3 is 1. The molecule has 198 valence electrons. The fourth-order valence-electron chi connectivity index (χ4n) is 3.58. The molecule has 0 aliphatic heterocycles. The number of carbonyl (C=O) groups excluding carboxylic acids is 2. The fourth-order valence-corrected chi connectivity index (χ4v) is 5.00. The van der Waals surface area contributed by atoms with Crippen molar-refractivity contribution < 1.29 is 22.7 Å². The Morgan fingerprint density at radius 3 is 2.17 bits per heavy atom. The second kappa shape index (κ2) is 12.2. The van der Waals surface area contributed by atoms with Crippen LogP contribution in [0.3, 0.4) is 0 Å². The van der Waals surface area contributed by atoms with Crippen molar-refractivity contribution in [2.75, 3.05) is 24.2 Å². The summed E-state index contributed by atoms with van der Waals surface area (Å²) in [6.45, 7) is 6.88. The monoisotopic (exact) mass is 557 g/mol. The Bertz CT molecular complexity index is 1180. The second-order valence-electron chi connectivity index (χ2n) is 9.40. The Balaban J connectivity index is 2.48. The molecule has 1 N–H and O–H groups in total. The molecule has 2 aromatic carbocycles. The number of hydrogen-bond donors (Lipinski definition) is 1. The largest absolute Gasteiger partial charge is 0.497 e.